The van der Waals surface area contributed by atoms with Gasteiger partial charge in [0, 0.05) is 19.6 Å². The van der Waals surface area contributed by atoms with E-state index in [9.17, 15) is 0 Å². The highest BCUT2D eigenvalue weighted by Gasteiger charge is 2.18. The molecule has 0 bridgehead atoms. The summed E-state index contributed by atoms with van der Waals surface area (Å²) >= 11 is 0. The summed E-state index contributed by atoms with van der Waals surface area (Å²) in [6.07, 6.45) is 2.59. The molecule has 0 spiro atoms. The first-order valence-corrected chi connectivity index (χ1v) is 8.44. The average Bonchev–Trinajstić information content (AvgIpc) is 2.54. The van der Waals surface area contributed by atoms with E-state index >= 15 is 0 Å². The van der Waals surface area contributed by atoms with Gasteiger partial charge in [0.25, 0.3) is 0 Å². The third kappa shape index (κ3) is 7.52. The van der Waals surface area contributed by atoms with Crippen molar-refractivity contribution in [2.75, 3.05) is 32.8 Å². The number of nitrogens with one attached hydrogen (secondary N) is 1. The largest absolute Gasteiger partial charge is 0.375 e. The maximum atomic E-state index is 5.70. The molecular formula is C18H30IN3O. The van der Waals surface area contributed by atoms with Gasteiger partial charge in [0.05, 0.1) is 19.8 Å². The summed E-state index contributed by atoms with van der Waals surface area (Å²) in [7, 11) is 0. The number of benzene rings is 1. The third-order valence-electron chi connectivity index (χ3n) is 3.90. The minimum absolute atomic E-state index is 0. The van der Waals surface area contributed by atoms with E-state index < -0.39 is 0 Å². The molecule has 5 heteroatoms. The first-order valence-electron chi connectivity index (χ1n) is 8.44. The minimum Gasteiger partial charge on any atom is -0.375 e. The maximum Gasteiger partial charge on any atom is 0.194 e. The summed E-state index contributed by atoms with van der Waals surface area (Å²) in [5.41, 5.74) is 1.21. The van der Waals surface area contributed by atoms with Crippen LogP contribution >= 0.6 is 24.0 Å². The van der Waals surface area contributed by atoms with E-state index in [1.54, 1.807) is 0 Å². The van der Waals surface area contributed by atoms with Gasteiger partial charge in [-0.25, -0.2) is 0 Å². The number of guanidine groups is 1. The Kier molecular flexibility index (Phi) is 10.3. The quantitative estimate of drug-likeness (QED) is 0.324. The van der Waals surface area contributed by atoms with Gasteiger partial charge >= 0.3 is 0 Å². The van der Waals surface area contributed by atoms with Gasteiger partial charge in [-0.1, -0.05) is 37.3 Å². The minimum atomic E-state index is 0. The highest BCUT2D eigenvalue weighted by Crippen LogP contribution is 2.15. The van der Waals surface area contributed by atoms with E-state index in [0.717, 1.165) is 31.5 Å². The molecule has 0 amide bonds. The standard InChI is InChI=1S/C18H29N3O.HI/c1-3-19-18(21-12-7-8-16(2)14-21)20-11-13-22-15-17-9-5-4-6-10-17;/h4-6,9-10,16H,3,7-8,11-15H2,1-2H3,(H,19,20);1H. The Balaban J connectivity index is 0.00000264. The predicted octanol–water partition coefficient (Wildman–Crippen LogP) is 3.52. The van der Waals surface area contributed by atoms with Crippen LogP contribution in [0, 0.1) is 5.92 Å². The second-order valence-corrected chi connectivity index (χ2v) is 5.97. The fourth-order valence-corrected chi connectivity index (χ4v) is 2.79. The Bertz CT molecular complexity index is 453. The number of halogens is 1. The Morgan fingerprint density at radius 3 is 2.83 bits per heavy atom. The molecule has 1 N–H and O–H groups in total. The highest BCUT2D eigenvalue weighted by atomic mass is 127. The number of aliphatic imine (C=N–C) groups is 1. The Hall–Kier alpha value is -0.820. The van der Waals surface area contributed by atoms with Crippen LogP contribution in [0.15, 0.2) is 35.3 Å². The van der Waals surface area contributed by atoms with E-state index in [1.807, 2.05) is 18.2 Å². The number of hydrogen-bond acceptors (Lipinski definition) is 2. The van der Waals surface area contributed by atoms with E-state index in [0.29, 0.717) is 19.8 Å². The number of piperidine rings is 1. The van der Waals surface area contributed by atoms with Crippen molar-refractivity contribution in [3.63, 3.8) is 0 Å². The number of nitrogens with zero attached hydrogens (tertiary/aromatic N) is 2. The van der Waals surface area contributed by atoms with Crippen LogP contribution in [-0.4, -0.2) is 43.6 Å². The van der Waals surface area contributed by atoms with Crippen molar-refractivity contribution in [2.45, 2.75) is 33.3 Å². The summed E-state index contributed by atoms with van der Waals surface area (Å²) in [5.74, 6) is 1.80. The molecule has 1 aliphatic rings. The molecule has 1 saturated heterocycles. The second kappa shape index (κ2) is 11.7. The lowest BCUT2D eigenvalue weighted by Crippen LogP contribution is -2.46. The van der Waals surface area contributed by atoms with Crippen LogP contribution in [0.1, 0.15) is 32.3 Å². The molecular weight excluding hydrogens is 401 g/mol. The lowest BCUT2D eigenvalue weighted by atomic mass is 10.0. The van der Waals surface area contributed by atoms with Crippen LogP contribution < -0.4 is 5.32 Å². The van der Waals surface area contributed by atoms with Crippen LogP contribution in [0.2, 0.25) is 0 Å². The summed E-state index contributed by atoms with van der Waals surface area (Å²) < 4.78 is 5.70. The van der Waals surface area contributed by atoms with Gasteiger partial charge in [-0.2, -0.15) is 0 Å². The van der Waals surface area contributed by atoms with E-state index in [1.165, 1.54) is 18.4 Å². The first kappa shape index (κ1) is 20.2. The van der Waals surface area contributed by atoms with Crippen molar-refractivity contribution in [3.05, 3.63) is 35.9 Å². The summed E-state index contributed by atoms with van der Waals surface area (Å²) in [6.45, 7) is 9.60. The topological polar surface area (TPSA) is 36.9 Å². The average molecular weight is 431 g/mol. The van der Waals surface area contributed by atoms with Crippen molar-refractivity contribution in [2.24, 2.45) is 10.9 Å². The molecule has 0 saturated carbocycles. The van der Waals surface area contributed by atoms with Gasteiger partial charge in [0.15, 0.2) is 5.96 Å². The highest BCUT2D eigenvalue weighted by molar-refractivity contribution is 14.0. The van der Waals surface area contributed by atoms with Crippen molar-refractivity contribution in [3.8, 4) is 0 Å². The number of likely N-dealkylation sites (tertiary alicyclic amines) is 1. The predicted molar refractivity (Wildman–Crippen MR) is 107 cm³/mol. The molecule has 1 heterocycles. The molecule has 1 aromatic rings. The maximum absolute atomic E-state index is 5.70. The van der Waals surface area contributed by atoms with Crippen LogP contribution in [0.5, 0.6) is 0 Å². The molecule has 1 aliphatic heterocycles. The molecule has 1 unspecified atom stereocenters. The van der Waals surface area contributed by atoms with Crippen LogP contribution in [0.25, 0.3) is 0 Å². The Morgan fingerprint density at radius 2 is 2.13 bits per heavy atom. The van der Waals surface area contributed by atoms with E-state index in [2.05, 4.69) is 36.2 Å². The lowest BCUT2D eigenvalue weighted by molar-refractivity contribution is 0.128. The second-order valence-electron chi connectivity index (χ2n) is 5.97. The van der Waals surface area contributed by atoms with Gasteiger partial charge < -0.3 is 15.0 Å². The number of ether oxygens (including phenoxy) is 1. The Morgan fingerprint density at radius 1 is 1.35 bits per heavy atom. The van der Waals surface area contributed by atoms with Crippen LogP contribution in [-0.2, 0) is 11.3 Å². The lowest BCUT2D eigenvalue weighted by Gasteiger charge is -2.33. The molecule has 130 valence electrons. The number of rotatable bonds is 6. The monoisotopic (exact) mass is 431 g/mol. The summed E-state index contributed by atoms with van der Waals surface area (Å²) in [5, 5.41) is 3.40. The fourth-order valence-electron chi connectivity index (χ4n) is 2.79. The zero-order chi connectivity index (χ0) is 15.6. The van der Waals surface area contributed by atoms with Gasteiger partial charge in [0.1, 0.15) is 0 Å². The van der Waals surface area contributed by atoms with Crippen molar-refractivity contribution in [1.29, 1.82) is 0 Å². The van der Waals surface area contributed by atoms with E-state index in [4.69, 9.17) is 9.73 Å². The van der Waals surface area contributed by atoms with Crippen LogP contribution in [0.4, 0.5) is 0 Å². The van der Waals surface area contributed by atoms with Gasteiger partial charge in [-0.05, 0) is 31.2 Å². The van der Waals surface area contributed by atoms with Crippen molar-refractivity contribution >= 4 is 29.9 Å². The molecule has 2 rings (SSSR count). The van der Waals surface area contributed by atoms with Gasteiger partial charge in [0.2, 0.25) is 0 Å². The summed E-state index contributed by atoms with van der Waals surface area (Å²) in [4.78, 5) is 7.09. The molecule has 23 heavy (non-hydrogen) atoms. The number of hydrogen-bond donors (Lipinski definition) is 1. The van der Waals surface area contributed by atoms with Crippen molar-refractivity contribution in [1.82, 2.24) is 10.2 Å². The third-order valence-corrected chi connectivity index (χ3v) is 3.90. The fraction of sp³-hybridized carbons (Fsp3) is 0.611. The zero-order valence-electron chi connectivity index (χ0n) is 14.3. The SMILES string of the molecule is CCNC(=NCCOCc1ccccc1)N1CCCC(C)C1.I. The molecule has 1 aromatic carbocycles. The molecule has 1 atom stereocenters. The molecule has 0 radical (unpaired) electrons. The van der Waals surface area contributed by atoms with Crippen LogP contribution in [0.3, 0.4) is 0 Å². The van der Waals surface area contributed by atoms with Gasteiger partial charge in [-0.3, -0.25) is 4.99 Å². The Labute approximate surface area is 157 Å². The summed E-state index contributed by atoms with van der Waals surface area (Å²) in [6, 6.07) is 10.3. The smallest absolute Gasteiger partial charge is 0.194 e. The normalized spacial score (nSPS) is 18.4. The molecule has 4 nitrogen and oxygen atoms in total. The molecule has 1 fully saturated rings. The molecule has 0 aliphatic carbocycles. The first-order chi connectivity index (χ1) is 10.8. The van der Waals surface area contributed by atoms with Gasteiger partial charge in [-0.15, -0.1) is 24.0 Å². The molecule has 0 aromatic heterocycles. The van der Waals surface area contributed by atoms with E-state index in [-0.39, 0.29) is 24.0 Å². The zero-order valence-corrected chi connectivity index (χ0v) is 16.7. The van der Waals surface area contributed by atoms with Crippen molar-refractivity contribution < 1.29 is 4.74 Å².